The monoisotopic (exact) mass is 291 g/mol. The quantitative estimate of drug-likeness (QED) is 0.714. The number of fused-ring (bicyclic) bond motifs is 5. The molecule has 0 aromatic rings. The van der Waals surface area contributed by atoms with Crippen LogP contribution in [-0.2, 0) is 0 Å². The molecule has 0 heterocycles. The molecule has 0 aromatic heterocycles. The van der Waals surface area contributed by atoms with Crippen molar-refractivity contribution in [3.63, 3.8) is 0 Å². The predicted molar refractivity (Wildman–Crippen MR) is 85.7 cm³/mol. The van der Waals surface area contributed by atoms with Gasteiger partial charge in [0.1, 0.15) is 0 Å². The molecule has 120 valence electrons. The van der Waals surface area contributed by atoms with Crippen molar-refractivity contribution in [1.82, 2.24) is 0 Å². The van der Waals surface area contributed by atoms with Crippen molar-refractivity contribution in [2.75, 3.05) is 0 Å². The molecule has 0 saturated heterocycles. The molecule has 0 amide bonds. The molecule has 8 atom stereocenters. The van der Waals surface area contributed by atoms with E-state index in [2.05, 4.69) is 13.8 Å². The summed E-state index contributed by atoms with van der Waals surface area (Å²) in [6, 6.07) is 0.460. The minimum atomic E-state index is -0.0336. The van der Waals surface area contributed by atoms with E-state index in [9.17, 15) is 5.11 Å². The Morgan fingerprint density at radius 1 is 0.857 bits per heavy atom. The van der Waals surface area contributed by atoms with Gasteiger partial charge >= 0.3 is 0 Å². The van der Waals surface area contributed by atoms with Crippen molar-refractivity contribution in [1.29, 1.82) is 0 Å². The van der Waals surface area contributed by atoms with Gasteiger partial charge in [0.25, 0.3) is 0 Å². The fraction of sp³-hybridized carbons (Fsp3) is 1.00. The molecule has 4 aliphatic carbocycles. The van der Waals surface area contributed by atoms with Crippen LogP contribution in [0.5, 0.6) is 0 Å². The Bertz CT molecular complexity index is 424. The van der Waals surface area contributed by atoms with E-state index < -0.39 is 0 Å². The standard InChI is InChI=1S/C19H33NO/c1-18-9-7-13(20)11-12(18)3-4-14-15-5-6-17(21)19(15,2)10-8-16(14)18/h12-17,21H,3-11,20H2,1-2H3/t12-,13-,14+,15+,16+,17+,18-,19-/m0/s1. The molecule has 0 spiro atoms. The summed E-state index contributed by atoms with van der Waals surface area (Å²) < 4.78 is 0. The summed E-state index contributed by atoms with van der Waals surface area (Å²) in [7, 11) is 0. The van der Waals surface area contributed by atoms with Crippen LogP contribution in [0, 0.1) is 34.5 Å². The fourth-order valence-corrected chi connectivity index (χ4v) is 7.26. The third-order valence-corrected chi connectivity index (χ3v) is 8.66. The Labute approximate surface area is 129 Å². The minimum absolute atomic E-state index is 0.0336. The Balaban J connectivity index is 1.62. The second-order valence-electron chi connectivity index (χ2n) is 9.33. The largest absolute Gasteiger partial charge is 0.393 e. The molecule has 4 saturated carbocycles. The first-order valence-corrected chi connectivity index (χ1v) is 9.39. The molecule has 2 nitrogen and oxygen atoms in total. The van der Waals surface area contributed by atoms with Gasteiger partial charge in [-0.25, -0.2) is 0 Å². The van der Waals surface area contributed by atoms with Gasteiger partial charge in [-0.15, -0.1) is 0 Å². The van der Waals surface area contributed by atoms with Gasteiger partial charge < -0.3 is 10.8 Å². The molecule has 2 heteroatoms. The average Bonchev–Trinajstić information content (AvgIpc) is 2.76. The number of hydrogen-bond acceptors (Lipinski definition) is 2. The highest BCUT2D eigenvalue weighted by Crippen LogP contribution is 2.66. The first-order chi connectivity index (χ1) is 9.95. The van der Waals surface area contributed by atoms with E-state index in [1.807, 2.05) is 0 Å². The van der Waals surface area contributed by atoms with Crippen LogP contribution in [0.2, 0.25) is 0 Å². The van der Waals surface area contributed by atoms with E-state index in [0.29, 0.717) is 11.5 Å². The number of hydrogen-bond donors (Lipinski definition) is 2. The van der Waals surface area contributed by atoms with Crippen LogP contribution in [0.15, 0.2) is 0 Å². The molecule has 0 unspecified atom stereocenters. The van der Waals surface area contributed by atoms with Crippen molar-refractivity contribution in [3.8, 4) is 0 Å². The van der Waals surface area contributed by atoms with Gasteiger partial charge in [0.15, 0.2) is 0 Å². The Kier molecular flexibility index (Phi) is 3.25. The van der Waals surface area contributed by atoms with Gasteiger partial charge in [-0.05, 0) is 92.3 Å². The zero-order valence-electron chi connectivity index (χ0n) is 13.9. The Morgan fingerprint density at radius 3 is 2.38 bits per heavy atom. The van der Waals surface area contributed by atoms with E-state index in [-0.39, 0.29) is 11.5 Å². The van der Waals surface area contributed by atoms with Crippen molar-refractivity contribution < 1.29 is 5.11 Å². The zero-order valence-corrected chi connectivity index (χ0v) is 13.9. The molecule has 0 aromatic carbocycles. The lowest BCUT2D eigenvalue weighted by molar-refractivity contribution is -0.122. The third-order valence-electron chi connectivity index (χ3n) is 8.66. The summed E-state index contributed by atoms with van der Waals surface area (Å²) >= 11 is 0. The van der Waals surface area contributed by atoms with E-state index in [4.69, 9.17) is 5.73 Å². The van der Waals surface area contributed by atoms with Crippen LogP contribution >= 0.6 is 0 Å². The van der Waals surface area contributed by atoms with Crippen LogP contribution < -0.4 is 5.73 Å². The second-order valence-corrected chi connectivity index (χ2v) is 9.33. The first kappa shape index (κ1) is 14.5. The summed E-state index contributed by atoms with van der Waals surface area (Å²) in [6.45, 7) is 4.98. The summed E-state index contributed by atoms with van der Waals surface area (Å²) in [4.78, 5) is 0. The summed E-state index contributed by atoms with van der Waals surface area (Å²) in [5, 5.41) is 10.5. The summed E-state index contributed by atoms with van der Waals surface area (Å²) in [6.07, 6.45) is 11.6. The number of nitrogens with two attached hydrogens (primary N) is 1. The molecule has 3 N–H and O–H groups in total. The summed E-state index contributed by atoms with van der Waals surface area (Å²) in [5.74, 6) is 3.46. The molecule has 4 fully saturated rings. The lowest BCUT2D eigenvalue weighted by Gasteiger charge is -2.60. The van der Waals surface area contributed by atoms with Gasteiger partial charge in [0.2, 0.25) is 0 Å². The van der Waals surface area contributed by atoms with Gasteiger partial charge in [-0.3, -0.25) is 0 Å². The smallest absolute Gasteiger partial charge is 0.0596 e. The third kappa shape index (κ3) is 1.91. The van der Waals surface area contributed by atoms with Crippen LogP contribution in [0.3, 0.4) is 0 Å². The normalized spacial score (nSPS) is 60.0. The molecule has 4 rings (SSSR count). The fourth-order valence-electron chi connectivity index (χ4n) is 7.26. The van der Waals surface area contributed by atoms with Gasteiger partial charge in [-0.1, -0.05) is 13.8 Å². The predicted octanol–water partition coefficient (Wildman–Crippen LogP) is 3.72. The molecule has 0 bridgehead atoms. The van der Waals surface area contributed by atoms with Crippen LogP contribution in [-0.4, -0.2) is 17.3 Å². The van der Waals surface area contributed by atoms with Crippen LogP contribution in [0.25, 0.3) is 0 Å². The van der Waals surface area contributed by atoms with Gasteiger partial charge in [-0.2, -0.15) is 0 Å². The van der Waals surface area contributed by atoms with Crippen molar-refractivity contribution in [3.05, 3.63) is 0 Å². The topological polar surface area (TPSA) is 46.2 Å². The number of rotatable bonds is 0. The summed E-state index contributed by atoms with van der Waals surface area (Å²) in [5.41, 5.74) is 7.04. The van der Waals surface area contributed by atoms with Gasteiger partial charge in [0, 0.05) is 6.04 Å². The highest BCUT2D eigenvalue weighted by Gasteiger charge is 2.59. The molecule has 0 radical (unpaired) electrons. The number of aliphatic hydroxyl groups is 1. The number of aliphatic hydroxyl groups excluding tert-OH is 1. The van der Waals surface area contributed by atoms with Crippen LogP contribution in [0.1, 0.15) is 71.6 Å². The highest BCUT2D eigenvalue weighted by molar-refractivity contribution is 5.09. The SMILES string of the molecule is C[C@]12CC[C@H](N)C[C@@H]1CC[C@H]1[C@H]2CC[C@]2(C)[C@H](O)CC[C@H]12. The Morgan fingerprint density at radius 2 is 1.57 bits per heavy atom. The molecule has 0 aliphatic heterocycles. The maximum Gasteiger partial charge on any atom is 0.0596 e. The van der Waals surface area contributed by atoms with Crippen molar-refractivity contribution in [2.24, 2.45) is 40.2 Å². The molecular formula is C19H33NO. The highest BCUT2D eigenvalue weighted by atomic mass is 16.3. The maximum absolute atomic E-state index is 10.5. The zero-order chi connectivity index (χ0) is 14.8. The van der Waals surface area contributed by atoms with E-state index >= 15 is 0 Å². The van der Waals surface area contributed by atoms with Crippen LogP contribution in [0.4, 0.5) is 0 Å². The maximum atomic E-state index is 10.5. The van der Waals surface area contributed by atoms with Gasteiger partial charge in [0.05, 0.1) is 6.10 Å². The minimum Gasteiger partial charge on any atom is -0.393 e. The Hall–Kier alpha value is -0.0800. The van der Waals surface area contributed by atoms with E-state index in [0.717, 1.165) is 30.1 Å². The molecule has 4 aliphatic rings. The van der Waals surface area contributed by atoms with Crippen molar-refractivity contribution >= 4 is 0 Å². The molecule has 21 heavy (non-hydrogen) atoms. The van der Waals surface area contributed by atoms with E-state index in [1.54, 1.807) is 0 Å². The van der Waals surface area contributed by atoms with Crippen molar-refractivity contribution in [2.45, 2.75) is 83.8 Å². The average molecular weight is 291 g/mol. The second kappa shape index (κ2) is 4.71. The van der Waals surface area contributed by atoms with E-state index in [1.165, 1.54) is 51.4 Å². The lowest BCUT2D eigenvalue weighted by atomic mass is 9.45. The first-order valence-electron chi connectivity index (χ1n) is 9.39. The lowest BCUT2D eigenvalue weighted by Crippen LogP contribution is -2.55. The molecular weight excluding hydrogens is 258 g/mol.